The molecule has 0 spiro atoms. The molecule has 0 fully saturated rings. The average molecular weight is 623 g/mol. The van der Waals surface area contributed by atoms with Crippen LogP contribution >= 0.6 is 0 Å². The number of allylic oxidation sites excluding steroid dienone is 1. The number of aromatic nitrogens is 1. The zero-order chi connectivity index (χ0) is 32.0. The predicted octanol–water partition coefficient (Wildman–Crippen LogP) is 8.18. The third-order valence-corrected chi connectivity index (χ3v) is 8.10. The van der Waals surface area contributed by atoms with Crippen LogP contribution in [0.3, 0.4) is 0 Å². The molecule has 1 N–H and O–H groups in total. The van der Waals surface area contributed by atoms with Crippen molar-refractivity contribution in [1.29, 1.82) is 0 Å². The molecule has 4 aromatic carbocycles. The van der Waals surface area contributed by atoms with Crippen LogP contribution in [0, 0.1) is 0 Å². The van der Waals surface area contributed by atoms with Crippen molar-refractivity contribution in [2.45, 2.75) is 19.0 Å². The van der Waals surface area contributed by atoms with Crippen molar-refractivity contribution in [2.24, 2.45) is 0 Å². The minimum atomic E-state index is -4.53. The fourth-order valence-electron chi connectivity index (χ4n) is 5.91. The van der Waals surface area contributed by atoms with Gasteiger partial charge in [-0.15, -0.1) is 0 Å². The van der Waals surface area contributed by atoms with E-state index >= 15 is 0 Å². The largest absolute Gasteiger partial charge is 0.465 e. The van der Waals surface area contributed by atoms with Gasteiger partial charge in [0.25, 0.3) is 5.91 Å². The number of alkyl halides is 3. The van der Waals surface area contributed by atoms with Crippen LogP contribution < -0.4 is 14.8 Å². The fraction of sp³-hybridized carbons (Fsp3) is 0.139. The number of carbonyl (C=O) groups excluding carboxylic acids is 2. The second-order valence-electron chi connectivity index (χ2n) is 10.9. The zero-order valence-corrected chi connectivity index (χ0v) is 24.4. The highest BCUT2D eigenvalue weighted by molar-refractivity contribution is 6.16. The first-order valence-electron chi connectivity index (χ1n) is 14.4. The van der Waals surface area contributed by atoms with Crippen LogP contribution in [0.4, 0.5) is 18.9 Å². The molecule has 7 rings (SSSR count). The maximum absolute atomic E-state index is 14.1. The van der Waals surface area contributed by atoms with Crippen molar-refractivity contribution in [3.63, 3.8) is 0 Å². The number of halogens is 3. The highest BCUT2D eigenvalue weighted by atomic mass is 19.4. The summed E-state index contributed by atoms with van der Waals surface area (Å²) in [4.78, 5) is 31.9. The highest BCUT2D eigenvalue weighted by Gasteiger charge is 2.31. The molecule has 7 nitrogen and oxygen atoms in total. The Bertz CT molecular complexity index is 2090. The Morgan fingerprint density at radius 3 is 2.52 bits per heavy atom. The Kier molecular flexibility index (Phi) is 7.19. The number of esters is 1. The number of benzene rings is 4. The van der Waals surface area contributed by atoms with Gasteiger partial charge in [0, 0.05) is 5.39 Å². The van der Waals surface area contributed by atoms with Crippen molar-refractivity contribution in [3.8, 4) is 22.6 Å². The predicted molar refractivity (Wildman–Crippen MR) is 167 cm³/mol. The molecule has 1 amide bonds. The maximum Gasteiger partial charge on any atom is 0.416 e. The molecule has 0 saturated heterocycles. The third kappa shape index (κ3) is 5.32. The number of carbonyl (C=O) groups is 2. The summed E-state index contributed by atoms with van der Waals surface area (Å²) in [6.45, 7) is 0.176. The number of pyridine rings is 1. The van der Waals surface area contributed by atoms with Gasteiger partial charge < -0.3 is 19.5 Å². The van der Waals surface area contributed by atoms with E-state index in [0.29, 0.717) is 46.4 Å². The Morgan fingerprint density at radius 2 is 1.70 bits per heavy atom. The summed E-state index contributed by atoms with van der Waals surface area (Å²) in [6.07, 6.45) is -1.27. The molecular formula is C36H25F3N2O5. The van der Waals surface area contributed by atoms with Gasteiger partial charge in [-0.25, -0.2) is 9.78 Å². The average Bonchev–Trinajstić information content (AvgIpc) is 3.69. The molecule has 0 radical (unpaired) electrons. The van der Waals surface area contributed by atoms with E-state index in [2.05, 4.69) is 5.32 Å². The van der Waals surface area contributed by atoms with Gasteiger partial charge in [0.1, 0.15) is 0 Å². The first-order valence-corrected chi connectivity index (χ1v) is 14.4. The van der Waals surface area contributed by atoms with Gasteiger partial charge in [0.2, 0.25) is 6.79 Å². The summed E-state index contributed by atoms with van der Waals surface area (Å²) in [5.74, 6) is 0.157. The van der Waals surface area contributed by atoms with Gasteiger partial charge in [0.15, 0.2) is 11.5 Å². The van der Waals surface area contributed by atoms with Crippen LogP contribution in [0.5, 0.6) is 11.5 Å². The molecule has 0 saturated carbocycles. The van der Waals surface area contributed by atoms with E-state index in [1.807, 2.05) is 48.5 Å². The van der Waals surface area contributed by atoms with Crippen molar-refractivity contribution in [1.82, 2.24) is 4.98 Å². The number of methoxy groups -OCH3 is 1. The number of ether oxygens (including phenoxy) is 3. The smallest absolute Gasteiger partial charge is 0.416 e. The van der Waals surface area contributed by atoms with Gasteiger partial charge in [-0.1, -0.05) is 42.5 Å². The Balaban J connectivity index is 1.27. The molecule has 0 unspecified atom stereocenters. The van der Waals surface area contributed by atoms with Crippen LogP contribution in [-0.2, 0) is 17.3 Å². The number of nitrogens with zero attached hydrogens (tertiary/aromatic N) is 1. The number of amides is 1. The van der Waals surface area contributed by atoms with Crippen molar-refractivity contribution in [3.05, 3.63) is 118 Å². The molecule has 0 bridgehead atoms. The van der Waals surface area contributed by atoms with E-state index in [-0.39, 0.29) is 23.6 Å². The first kappa shape index (κ1) is 29.1. The van der Waals surface area contributed by atoms with Crippen molar-refractivity contribution in [2.75, 3.05) is 19.2 Å². The second-order valence-corrected chi connectivity index (χ2v) is 10.9. The molecule has 2 aliphatic rings. The molecule has 5 aromatic rings. The van der Waals surface area contributed by atoms with Crippen LogP contribution in [0.1, 0.15) is 49.5 Å². The van der Waals surface area contributed by atoms with Crippen LogP contribution in [0.15, 0.2) is 84.9 Å². The number of para-hydroxylation sites is 1. The lowest BCUT2D eigenvalue weighted by molar-refractivity contribution is -0.137. The zero-order valence-electron chi connectivity index (χ0n) is 24.4. The van der Waals surface area contributed by atoms with Crippen LogP contribution in [-0.4, -0.2) is 30.8 Å². The van der Waals surface area contributed by atoms with E-state index in [9.17, 15) is 22.8 Å². The topological polar surface area (TPSA) is 86.8 Å². The summed E-state index contributed by atoms with van der Waals surface area (Å²) in [5.41, 5.74) is 4.43. The molecule has 230 valence electrons. The number of fused-ring (bicyclic) bond motifs is 3. The quantitative estimate of drug-likeness (QED) is 0.199. The maximum atomic E-state index is 14.1. The summed E-state index contributed by atoms with van der Waals surface area (Å²) in [6, 6.07) is 22.3. The van der Waals surface area contributed by atoms with Gasteiger partial charge in [-0.05, 0) is 89.2 Å². The molecule has 1 aliphatic heterocycles. The SMILES string of the molecule is COC(=O)c1cc(-c2cccc(C(F)(F)F)c2)ccc1NC(=O)c1c2c(nc3ccccc13)/C(=C\c1ccc3c(c1)OCO3)CC2. The monoisotopic (exact) mass is 622 g/mol. The fourth-order valence-corrected chi connectivity index (χ4v) is 5.91. The first-order chi connectivity index (χ1) is 22.2. The number of rotatable bonds is 5. The minimum Gasteiger partial charge on any atom is -0.465 e. The minimum absolute atomic E-state index is 0.00385. The molecule has 1 aliphatic carbocycles. The van der Waals surface area contributed by atoms with Crippen molar-refractivity contribution < 1.29 is 37.0 Å². The van der Waals surface area contributed by atoms with Gasteiger partial charge in [-0.3, -0.25) is 4.79 Å². The summed E-state index contributed by atoms with van der Waals surface area (Å²) in [7, 11) is 1.20. The Morgan fingerprint density at radius 1 is 0.891 bits per heavy atom. The lowest BCUT2D eigenvalue weighted by Crippen LogP contribution is -2.18. The Labute approximate surface area is 261 Å². The number of nitrogens with one attached hydrogen (secondary N) is 1. The molecular weight excluding hydrogens is 597 g/mol. The van der Waals surface area contributed by atoms with Gasteiger partial charge >= 0.3 is 12.1 Å². The van der Waals surface area contributed by atoms with Crippen LogP contribution in [0.2, 0.25) is 0 Å². The van der Waals surface area contributed by atoms with E-state index in [1.165, 1.54) is 31.4 Å². The van der Waals surface area contributed by atoms with E-state index in [0.717, 1.165) is 34.5 Å². The van der Waals surface area contributed by atoms with E-state index < -0.39 is 23.6 Å². The molecule has 10 heteroatoms. The van der Waals surface area contributed by atoms with E-state index in [4.69, 9.17) is 19.2 Å². The highest BCUT2D eigenvalue weighted by Crippen LogP contribution is 2.40. The summed E-state index contributed by atoms with van der Waals surface area (Å²) in [5, 5.41) is 3.53. The normalized spacial score (nSPS) is 14.4. The third-order valence-electron chi connectivity index (χ3n) is 8.10. The molecule has 1 aromatic heterocycles. The van der Waals surface area contributed by atoms with Crippen LogP contribution in [0.25, 0.3) is 33.7 Å². The number of hydrogen-bond acceptors (Lipinski definition) is 6. The lowest BCUT2D eigenvalue weighted by Gasteiger charge is -2.16. The Hall–Kier alpha value is -5.64. The van der Waals surface area contributed by atoms with Gasteiger partial charge in [-0.2, -0.15) is 13.2 Å². The number of anilines is 1. The number of hydrogen-bond donors (Lipinski definition) is 1. The summed E-state index contributed by atoms with van der Waals surface area (Å²) < 4.78 is 56.0. The molecule has 46 heavy (non-hydrogen) atoms. The second kappa shape index (κ2) is 11.4. The standard InChI is InChI=1S/C36H25F3N2O5/c1-44-35(43)27-18-22(21-5-4-6-24(17-21)36(37,38)39)11-13-29(27)41-34(42)32-25-7-2-3-8-28(25)40-33-23(10-12-26(32)33)15-20-9-14-30-31(16-20)46-19-45-30/h2-9,11,13-18H,10,12,19H2,1H3,(H,41,42)/b23-15-. The van der Waals surface area contributed by atoms with Gasteiger partial charge in [0.05, 0.1) is 40.7 Å². The molecule has 0 atom stereocenters. The molecule has 2 heterocycles. The van der Waals surface area contributed by atoms with E-state index in [1.54, 1.807) is 6.07 Å². The summed E-state index contributed by atoms with van der Waals surface area (Å²) >= 11 is 0. The lowest BCUT2D eigenvalue weighted by atomic mass is 9.98. The van der Waals surface area contributed by atoms with Crippen molar-refractivity contribution >= 4 is 40.1 Å².